The Morgan fingerprint density at radius 3 is 2.53 bits per heavy atom. The number of nitrogens with one attached hydrogen (secondary N) is 2. The second-order valence-electron chi connectivity index (χ2n) is 4.28. The van der Waals surface area contributed by atoms with E-state index in [0.717, 1.165) is 19.6 Å². The first-order valence-electron chi connectivity index (χ1n) is 6.50. The largest absolute Gasteiger partial charge is 0.497 e. The van der Waals surface area contributed by atoms with Crippen LogP contribution in [-0.4, -0.2) is 41.7 Å². The molecule has 6 heteroatoms. The van der Waals surface area contributed by atoms with Crippen LogP contribution in [0.3, 0.4) is 0 Å². The van der Waals surface area contributed by atoms with Crippen molar-refractivity contribution in [3.05, 3.63) is 24.3 Å². The molecule has 0 unspecified atom stereocenters. The van der Waals surface area contributed by atoms with Crippen molar-refractivity contribution in [1.82, 2.24) is 4.72 Å². The van der Waals surface area contributed by atoms with Crippen LogP contribution in [0.1, 0.15) is 13.8 Å². The second-order valence-corrected chi connectivity index (χ2v) is 6.05. The molecule has 0 amide bonds. The summed E-state index contributed by atoms with van der Waals surface area (Å²) >= 11 is 0. The number of benzene rings is 1. The molecule has 1 aromatic rings. The highest BCUT2D eigenvalue weighted by Crippen LogP contribution is 2.16. The van der Waals surface area contributed by atoms with E-state index in [0.29, 0.717) is 12.3 Å². The lowest BCUT2D eigenvalue weighted by molar-refractivity contribution is -0.895. The number of hydrogen-bond donors (Lipinski definition) is 2. The molecule has 0 aliphatic heterocycles. The average molecular weight is 287 g/mol. The third-order valence-electron chi connectivity index (χ3n) is 3.12. The fraction of sp³-hybridized carbons (Fsp3) is 0.538. The smallest absolute Gasteiger partial charge is 0.240 e. The highest BCUT2D eigenvalue weighted by atomic mass is 32.2. The molecule has 0 spiro atoms. The maximum Gasteiger partial charge on any atom is 0.240 e. The number of sulfonamides is 1. The quantitative estimate of drug-likeness (QED) is 0.702. The topological polar surface area (TPSA) is 59.8 Å². The SMILES string of the molecule is CC[NH+](CC)CCNS(=O)(=O)c1cccc(OC)c1. The summed E-state index contributed by atoms with van der Waals surface area (Å²) in [6.45, 7) is 7.41. The molecule has 1 aromatic carbocycles. The van der Waals surface area contributed by atoms with E-state index in [-0.39, 0.29) is 4.90 Å². The van der Waals surface area contributed by atoms with Gasteiger partial charge in [-0.3, -0.25) is 0 Å². The van der Waals surface area contributed by atoms with E-state index < -0.39 is 10.0 Å². The van der Waals surface area contributed by atoms with E-state index in [1.54, 1.807) is 18.2 Å². The summed E-state index contributed by atoms with van der Waals surface area (Å²) in [6.07, 6.45) is 0. The standard InChI is InChI=1S/C13H22N2O3S/c1-4-15(5-2)10-9-14-19(16,17)13-8-6-7-12(11-13)18-3/h6-8,11,14H,4-5,9-10H2,1-3H3/p+1. The van der Waals surface area contributed by atoms with Crippen molar-refractivity contribution >= 4 is 10.0 Å². The lowest BCUT2D eigenvalue weighted by Crippen LogP contribution is -3.12. The molecule has 0 heterocycles. The lowest BCUT2D eigenvalue weighted by atomic mass is 10.3. The molecule has 19 heavy (non-hydrogen) atoms. The normalized spacial score (nSPS) is 11.8. The van der Waals surface area contributed by atoms with Gasteiger partial charge in [-0.1, -0.05) is 6.07 Å². The van der Waals surface area contributed by atoms with Gasteiger partial charge in [-0.05, 0) is 26.0 Å². The summed E-state index contributed by atoms with van der Waals surface area (Å²) in [5, 5.41) is 0. The highest BCUT2D eigenvalue weighted by Gasteiger charge is 2.15. The molecule has 0 aliphatic carbocycles. The van der Waals surface area contributed by atoms with Crippen molar-refractivity contribution < 1.29 is 18.1 Å². The van der Waals surface area contributed by atoms with Crippen molar-refractivity contribution in [2.75, 3.05) is 33.3 Å². The molecule has 0 aliphatic rings. The Labute approximate surface area is 115 Å². The predicted molar refractivity (Wildman–Crippen MR) is 75.1 cm³/mol. The van der Waals surface area contributed by atoms with E-state index in [1.807, 2.05) is 0 Å². The zero-order valence-corrected chi connectivity index (χ0v) is 12.6. The van der Waals surface area contributed by atoms with Gasteiger partial charge < -0.3 is 9.64 Å². The molecular formula is C13H23N2O3S+. The van der Waals surface area contributed by atoms with Gasteiger partial charge in [0.1, 0.15) is 5.75 Å². The van der Waals surface area contributed by atoms with Crippen LogP contribution in [-0.2, 0) is 10.0 Å². The average Bonchev–Trinajstić information content (AvgIpc) is 2.43. The van der Waals surface area contributed by atoms with Crippen LogP contribution in [0.5, 0.6) is 5.75 Å². The molecule has 2 N–H and O–H groups in total. The number of ether oxygens (including phenoxy) is 1. The predicted octanol–water partition coefficient (Wildman–Crippen LogP) is -0.102. The Balaban J connectivity index is 2.65. The highest BCUT2D eigenvalue weighted by molar-refractivity contribution is 7.89. The molecule has 0 radical (unpaired) electrons. The first-order chi connectivity index (χ1) is 9.03. The zero-order valence-electron chi connectivity index (χ0n) is 11.8. The Bertz CT molecular complexity index is 484. The van der Waals surface area contributed by atoms with Crippen LogP contribution in [0, 0.1) is 0 Å². The summed E-state index contributed by atoms with van der Waals surface area (Å²) in [4.78, 5) is 1.61. The van der Waals surface area contributed by atoms with Crippen LogP contribution in [0.2, 0.25) is 0 Å². The van der Waals surface area contributed by atoms with Crippen LogP contribution in [0.25, 0.3) is 0 Å². The molecule has 5 nitrogen and oxygen atoms in total. The third kappa shape index (κ3) is 4.81. The van der Waals surface area contributed by atoms with Gasteiger partial charge in [0.25, 0.3) is 0 Å². The van der Waals surface area contributed by atoms with Crippen LogP contribution >= 0.6 is 0 Å². The van der Waals surface area contributed by atoms with Crippen LogP contribution < -0.4 is 14.4 Å². The van der Waals surface area contributed by atoms with Gasteiger partial charge in [0.15, 0.2) is 0 Å². The van der Waals surface area contributed by atoms with E-state index in [9.17, 15) is 8.42 Å². The first-order valence-corrected chi connectivity index (χ1v) is 7.99. The molecular weight excluding hydrogens is 264 g/mol. The molecule has 108 valence electrons. The van der Waals surface area contributed by atoms with Gasteiger partial charge in [-0.2, -0.15) is 0 Å². The molecule has 1 rings (SSSR count). The Kier molecular flexibility index (Phi) is 6.27. The fourth-order valence-electron chi connectivity index (χ4n) is 1.82. The maximum absolute atomic E-state index is 12.1. The summed E-state index contributed by atoms with van der Waals surface area (Å²) in [6, 6.07) is 6.48. The van der Waals surface area contributed by atoms with E-state index in [4.69, 9.17) is 4.74 Å². The minimum absolute atomic E-state index is 0.237. The van der Waals surface area contributed by atoms with Crippen molar-refractivity contribution in [3.8, 4) is 5.75 Å². The fourth-order valence-corrected chi connectivity index (χ4v) is 2.88. The van der Waals surface area contributed by atoms with E-state index >= 15 is 0 Å². The van der Waals surface area contributed by atoms with Gasteiger partial charge in [0.2, 0.25) is 10.0 Å². The molecule has 0 fully saturated rings. The Morgan fingerprint density at radius 1 is 1.26 bits per heavy atom. The minimum Gasteiger partial charge on any atom is -0.497 e. The number of methoxy groups -OCH3 is 1. The van der Waals surface area contributed by atoms with E-state index in [1.165, 1.54) is 18.1 Å². The van der Waals surface area contributed by atoms with Crippen molar-refractivity contribution in [2.24, 2.45) is 0 Å². The summed E-state index contributed by atoms with van der Waals surface area (Å²) in [5.41, 5.74) is 0. The van der Waals surface area contributed by atoms with Crippen LogP contribution in [0.4, 0.5) is 0 Å². The summed E-state index contributed by atoms with van der Waals surface area (Å²) < 4.78 is 31.8. The van der Waals surface area contributed by atoms with Crippen molar-refractivity contribution in [3.63, 3.8) is 0 Å². The van der Waals surface area contributed by atoms with Gasteiger partial charge in [-0.15, -0.1) is 0 Å². The maximum atomic E-state index is 12.1. The molecule has 0 bridgehead atoms. The van der Waals surface area contributed by atoms with Gasteiger partial charge in [0, 0.05) is 6.07 Å². The van der Waals surface area contributed by atoms with Gasteiger partial charge >= 0.3 is 0 Å². The number of rotatable bonds is 8. The zero-order chi connectivity index (χ0) is 14.3. The molecule has 0 aromatic heterocycles. The van der Waals surface area contributed by atoms with Crippen LogP contribution in [0.15, 0.2) is 29.2 Å². The lowest BCUT2D eigenvalue weighted by Gasteiger charge is -2.15. The molecule has 0 atom stereocenters. The van der Waals surface area contributed by atoms with Crippen molar-refractivity contribution in [1.29, 1.82) is 0 Å². The number of likely N-dealkylation sites (N-methyl/N-ethyl adjacent to an activating group) is 1. The molecule has 0 saturated carbocycles. The Hall–Kier alpha value is -1.11. The number of hydrogen-bond acceptors (Lipinski definition) is 3. The monoisotopic (exact) mass is 287 g/mol. The second kappa shape index (κ2) is 7.47. The summed E-state index contributed by atoms with van der Waals surface area (Å²) in [7, 11) is -1.93. The third-order valence-corrected chi connectivity index (χ3v) is 4.58. The summed E-state index contributed by atoms with van der Waals surface area (Å²) in [5.74, 6) is 0.539. The van der Waals surface area contributed by atoms with E-state index in [2.05, 4.69) is 18.6 Å². The van der Waals surface area contributed by atoms with Gasteiger partial charge in [0.05, 0.1) is 38.2 Å². The van der Waals surface area contributed by atoms with Crippen molar-refractivity contribution in [2.45, 2.75) is 18.7 Å². The van der Waals surface area contributed by atoms with Gasteiger partial charge in [-0.25, -0.2) is 13.1 Å². The minimum atomic E-state index is -3.45. The Morgan fingerprint density at radius 2 is 1.95 bits per heavy atom. The number of quaternary nitrogens is 1. The molecule has 0 saturated heterocycles. The first kappa shape index (κ1) is 15.9.